The molecular formula is C13H13F3N2O. The van der Waals surface area contributed by atoms with Gasteiger partial charge in [0.25, 0.3) is 0 Å². The average molecular weight is 270 g/mol. The number of halogens is 3. The number of nitrogen functional groups attached to an aromatic ring is 2. The number of rotatable bonds is 1. The van der Waals surface area contributed by atoms with Crippen molar-refractivity contribution in [1.82, 2.24) is 0 Å². The van der Waals surface area contributed by atoms with Gasteiger partial charge in [-0.3, -0.25) is 0 Å². The van der Waals surface area contributed by atoms with Gasteiger partial charge in [0.05, 0.1) is 0 Å². The smallest absolute Gasteiger partial charge is 0.398 e. The lowest BCUT2D eigenvalue weighted by molar-refractivity contribution is -0.258. The summed E-state index contributed by atoms with van der Waals surface area (Å²) >= 11 is 0. The summed E-state index contributed by atoms with van der Waals surface area (Å²) in [5, 5.41) is 10.6. The molecule has 0 heterocycles. The third-order valence-corrected chi connectivity index (χ3v) is 3.21. The molecule has 1 atom stereocenters. The summed E-state index contributed by atoms with van der Waals surface area (Å²) in [4.78, 5) is 0. The highest BCUT2D eigenvalue weighted by molar-refractivity contribution is 6.01. The van der Waals surface area contributed by atoms with Gasteiger partial charge in [-0.05, 0) is 13.0 Å². The lowest BCUT2D eigenvalue weighted by Crippen LogP contribution is -2.39. The van der Waals surface area contributed by atoms with E-state index in [4.69, 9.17) is 11.5 Å². The summed E-state index contributed by atoms with van der Waals surface area (Å²) in [6.07, 6.45) is -4.81. The van der Waals surface area contributed by atoms with E-state index in [1.807, 2.05) is 0 Å². The third kappa shape index (κ3) is 1.98. The molecule has 2 aromatic rings. The quantitative estimate of drug-likeness (QED) is 0.698. The molecule has 1 unspecified atom stereocenters. The molecule has 0 bridgehead atoms. The Balaban J connectivity index is 2.75. The van der Waals surface area contributed by atoms with Crippen LogP contribution in [0, 0.1) is 0 Å². The van der Waals surface area contributed by atoms with E-state index in [0.29, 0.717) is 23.4 Å². The SMILES string of the molecule is CC(O)(c1ccc2c(N)cccc2c1N)C(F)(F)F. The van der Waals surface area contributed by atoms with E-state index in [2.05, 4.69) is 0 Å². The molecular weight excluding hydrogens is 257 g/mol. The predicted octanol–water partition coefficient (Wildman–Crippen LogP) is 2.77. The molecule has 0 aliphatic carbocycles. The first-order valence-corrected chi connectivity index (χ1v) is 5.52. The van der Waals surface area contributed by atoms with Gasteiger partial charge in [-0.1, -0.05) is 24.3 Å². The summed E-state index contributed by atoms with van der Waals surface area (Å²) in [6, 6.07) is 7.37. The topological polar surface area (TPSA) is 72.3 Å². The van der Waals surface area contributed by atoms with Crippen molar-refractivity contribution in [3.8, 4) is 0 Å². The van der Waals surface area contributed by atoms with Crippen LogP contribution in [0.25, 0.3) is 10.8 Å². The van der Waals surface area contributed by atoms with Crippen LogP contribution in [0.5, 0.6) is 0 Å². The van der Waals surface area contributed by atoms with Crippen LogP contribution in [0.1, 0.15) is 12.5 Å². The Hall–Kier alpha value is -1.95. The van der Waals surface area contributed by atoms with Gasteiger partial charge >= 0.3 is 6.18 Å². The van der Waals surface area contributed by atoms with Gasteiger partial charge in [-0.15, -0.1) is 0 Å². The van der Waals surface area contributed by atoms with E-state index in [9.17, 15) is 18.3 Å². The van der Waals surface area contributed by atoms with Gasteiger partial charge in [-0.2, -0.15) is 13.2 Å². The summed E-state index contributed by atoms with van der Waals surface area (Å²) in [5.74, 6) is 0. The van der Waals surface area contributed by atoms with Gasteiger partial charge in [0.2, 0.25) is 0 Å². The van der Waals surface area contributed by atoms with Crippen molar-refractivity contribution in [1.29, 1.82) is 0 Å². The van der Waals surface area contributed by atoms with E-state index in [-0.39, 0.29) is 11.3 Å². The van der Waals surface area contributed by atoms with Gasteiger partial charge in [0, 0.05) is 27.7 Å². The Morgan fingerprint density at radius 2 is 1.63 bits per heavy atom. The Morgan fingerprint density at radius 1 is 1.00 bits per heavy atom. The maximum atomic E-state index is 12.8. The van der Waals surface area contributed by atoms with Crippen LogP contribution in [0.3, 0.4) is 0 Å². The fraction of sp³-hybridized carbons (Fsp3) is 0.231. The van der Waals surface area contributed by atoms with E-state index in [0.717, 1.165) is 6.07 Å². The predicted molar refractivity (Wildman–Crippen MR) is 68.4 cm³/mol. The van der Waals surface area contributed by atoms with Crippen molar-refractivity contribution >= 4 is 22.1 Å². The average Bonchev–Trinajstić information content (AvgIpc) is 2.29. The minimum absolute atomic E-state index is 0.118. The lowest BCUT2D eigenvalue weighted by Gasteiger charge is -2.28. The molecule has 0 spiro atoms. The summed E-state index contributed by atoms with van der Waals surface area (Å²) < 4.78 is 38.5. The van der Waals surface area contributed by atoms with Crippen molar-refractivity contribution in [2.45, 2.75) is 18.7 Å². The van der Waals surface area contributed by atoms with E-state index < -0.39 is 11.8 Å². The highest BCUT2D eigenvalue weighted by atomic mass is 19.4. The molecule has 2 aromatic carbocycles. The monoisotopic (exact) mass is 270 g/mol. The molecule has 0 fully saturated rings. The normalized spacial score (nSPS) is 15.4. The zero-order chi connectivity index (χ0) is 14.4. The third-order valence-electron chi connectivity index (χ3n) is 3.21. The molecule has 0 amide bonds. The van der Waals surface area contributed by atoms with Crippen molar-refractivity contribution < 1.29 is 18.3 Å². The second-order valence-electron chi connectivity index (χ2n) is 4.54. The van der Waals surface area contributed by atoms with Gasteiger partial charge in [-0.25, -0.2) is 0 Å². The molecule has 2 rings (SSSR count). The van der Waals surface area contributed by atoms with Crippen LogP contribution >= 0.6 is 0 Å². The fourth-order valence-electron chi connectivity index (χ4n) is 1.98. The van der Waals surface area contributed by atoms with Crippen molar-refractivity contribution in [3.05, 3.63) is 35.9 Å². The first kappa shape index (κ1) is 13.5. The molecule has 0 radical (unpaired) electrons. The molecule has 0 aliphatic heterocycles. The van der Waals surface area contributed by atoms with Crippen LogP contribution in [0.15, 0.2) is 30.3 Å². The number of hydrogen-bond donors (Lipinski definition) is 3. The minimum Gasteiger partial charge on any atom is -0.398 e. The van der Waals surface area contributed by atoms with E-state index >= 15 is 0 Å². The zero-order valence-electron chi connectivity index (χ0n) is 10.1. The molecule has 19 heavy (non-hydrogen) atoms. The second-order valence-corrected chi connectivity index (χ2v) is 4.54. The maximum Gasteiger partial charge on any atom is 0.421 e. The summed E-state index contributed by atoms with van der Waals surface area (Å²) in [5.41, 5.74) is 8.40. The van der Waals surface area contributed by atoms with Crippen molar-refractivity contribution in [3.63, 3.8) is 0 Å². The van der Waals surface area contributed by atoms with Crippen molar-refractivity contribution in [2.24, 2.45) is 0 Å². The molecule has 0 saturated heterocycles. The maximum absolute atomic E-state index is 12.8. The number of fused-ring (bicyclic) bond motifs is 1. The molecule has 6 heteroatoms. The number of aliphatic hydroxyl groups is 1. The van der Waals surface area contributed by atoms with Gasteiger partial charge in [0.1, 0.15) is 0 Å². The number of nitrogens with two attached hydrogens (primary N) is 2. The molecule has 0 aliphatic rings. The van der Waals surface area contributed by atoms with E-state index in [1.165, 1.54) is 6.07 Å². The first-order chi connectivity index (χ1) is 8.66. The number of alkyl halides is 3. The molecule has 102 valence electrons. The van der Waals surface area contributed by atoms with Gasteiger partial charge < -0.3 is 16.6 Å². The zero-order valence-corrected chi connectivity index (χ0v) is 10.1. The van der Waals surface area contributed by atoms with Crippen LogP contribution in [0.4, 0.5) is 24.5 Å². The van der Waals surface area contributed by atoms with Crippen LogP contribution < -0.4 is 11.5 Å². The Morgan fingerprint density at radius 3 is 2.21 bits per heavy atom. The Bertz CT molecular complexity index is 636. The summed E-state index contributed by atoms with van der Waals surface area (Å²) in [7, 11) is 0. The second kappa shape index (κ2) is 4.03. The molecule has 0 saturated carbocycles. The van der Waals surface area contributed by atoms with Crippen LogP contribution in [-0.4, -0.2) is 11.3 Å². The number of hydrogen-bond acceptors (Lipinski definition) is 3. The Labute approximate surface area is 107 Å². The van der Waals surface area contributed by atoms with E-state index in [1.54, 1.807) is 18.2 Å². The number of anilines is 2. The van der Waals surface area contributed by atoms with Crippen LogP contribution in [0.2, 0.25) is 0 Å². The van der Waals surface area contributed by atoms with Gasteiger partial charge in [0.15, 0.2) is 5.60 Å². The highest BCUT2D eigenvalue weighted by Crippen LogP contribution is 2.43. The molecule has 5 N–H and O–H groups in total. The highest BCUT2D eigenvalue weighted by Gasteiger charge is 2.52. The fourth-order valence-corrected chi connectivity index (χ4v) is 1.98. The van der Waals surface area contributed by atoms with Crippen molar-refractivity contribution in [2.75, 3.05) is 11.5 Å². The van der Waals surface area contributed by atoms with Crippen LogP contribution in [-0.2, 0) is 5.60 Å². The molecule has 3 nitrogen and oxygen atoms in total. The lowest BCUT2D eigenvalue weighted by atomic mass is 9.90. The molecule has 0 aromatic heterocycles. The largest absolute Gasteiger partial charge is 0.421 e. The Kier molecular flexibility index (Phi) is 2.86. The minimum atomic E-state index is -4.81. The first-order valence-electron chi connectivity index (χ1n) is 5.52. The summed E-state index contributed by atoms with van der Waals surface area (Å²) in [6.45, 7) is 0.677. The number of benzene rings is 2. The standard InChI is InChI=1S/C13H13F3N2O/c1-12(19,13(14,15)16)9-6-5-7-8(11(9)18)3-2-4-10(7)17/h2-6,19H,17-18H2,1H3.